The van der Waals surface area contributed by atoms with Gasteiger partial charge in [-0.05, 0) is 53.9 Å². The fourth-order valence-corrected chi connectivity index (χ4v) is 6.24. The number of hydrazine groups is 1. The standard InChI is InChI=1S/C30H33N3O8S/c1-2-3-7-29(42(36,37)25-12-13-27-28(15-25)41-20-40-27)26(34)17-33(32)30(35)39-18-21-8-10-24(11-9-21)38-19-23-6-4-5-22(14-23)16-31/h4-6,8-15,26,29,34H,2-3,7,17-20,32H2,1H3. The molecule has 1 heterocycles. The minimum Gasteiger partial charge on any atom is -0.489 e. The van der Waals surface area contributed by atoms with Crippen LogP contribution in [0, 0.1) is 11.3 Å². The Hall–Kier alpha value is -4.31. The second-order valence-corrected chi connectivity index (χ2v) is 11.9. The summed E-state index contributed by atoms with van der Waals surface area (Å²) in [6.07, 6.45) is -0.939. The maximum atomic E-state index is 13.5. The van der Waals surface area contributed by atoms with Gasteiger partial charge in [-0.15, -0.1) is 0 Å². The van der Waals surface area contributed by atoms with E-state index in [0.29, 0.717) is 46.2 Å². The average molecular weight is 596 g/mol. The Labute approximate surface area is 244 Å². The van der Waals surface area contributed by atoms with Crippen molar-refractivity contribution in [2.24, 2.45) is 5.84 Å². The highest BCUT2D eigenvalue weighted by atomic mass is 32.2. The number of nitriles is 1. The average Bonchev–Trinajstić information content (AvgIpc) is 3.48. The van der Waals surface area contributed by atoms with Crippen LogP contribution in [0.1, 0.15) is 42.9 Å². The van der Waals surface area contributed by atoms with E-state index < -0.39 is 33.8 Å². The first kappa shape index (κ1) is 30.6. The fraction of sp³-hybridized carbons (Fsp3) is 0.333. The topological polar surface area (TPSA) is 161 Å². The number of unbranched alkanes of at least 4 members (excludes halogenated alkanes) is 1. The number of hydrogen-bond donors (Lipinski definition) is 2. The summed E-state index contributed by atoms with van der Waals surface area (Å²) < 4.78 is 48.5. The molecule has 0 aliphatic carbocycles. The summed E-state index contributed by atoms with van der Waals surface area (Å²) in [4.78, 5) is 12.5. The lowest BCUT2D eigenvalue weighted by atomic mass is 10.1. The lowest BCUT2D eigenvalue weighted by molar-refractivity contribution is 0.0664. The molecular weight excluding hydrogens is 562 g/mol. The molecule has 12 heteroatoms. The molecule has 11 nitrogen and oxygen atoms in total. The monoisotopic (exact) mass is 595 g/mol. The second-order valence-electron chi connectivity index (χ2n) is 9.76. The van der Waals surface area contributed by atoms with Crippen molar-refractivity contribution in [3.05, 3.63) is 83.4 Å². The fourth-order valence-electron chi connectivity index (χ4n) is 4.39. The Balaban J connectivity index is 1.31. The van der Waals surface area contributed by atoms with E-state index in [1.165, 1.54) is 18.2 Å². The number of sulfone groups is 1. The van der Waals surface area contributed by atoms with Crippen molar-refractivity contribution in [3.8, 4) is 23.3 Å². The molecule has 1 aliphatic heterocycles. The van der Waals surface area contributed by atoms with Gasteiger partial charge in [-0.3, -0.25) is 0 Å². The largest absolute Gasteiger partial charge is 0.489 e. The second kappa shape index (κ2) is 14.0. The number of hydrogen-bond acceptors (Lipinski definition) is 10. The number of carbonyl (C=O) groups excluding carboxylic acids is 1. The van der Waals surface area contributed by atoms with Crippen molar-refractivity contribution in [3.63, 3.8) is 0 Å². The minimum absolute atomic E-state index is 0.00205. The molecule has 0 bridgehead atoms. The molecule has 3 aromatic carbocycles. The molecule has 42 heavy (non-hydrogen) atoms. The van der Waals surface area contributed by atoms with E-state index in [-0.39, 0.29) is 31.3 Å². The van der Waals surface area contributed by atoms with Crippen LogP contribution in [0.25, 0.3) is 0 Å². The van der Waals surface area contributed by atoms with Crippen LogP contribution in [0.2, 0.25) is 0 Å². The van der Waals surface area contributed by atoms with Gasteiger partial charge in [-0.1, -0.05) is 44.0 Å². The first-order valence-electron chi connectivity index (χ1n) is 13.4. The summed E-state index contributed by atoms with van der Waals surface area (Å²) in [6.45, 7) is 1.66. The Morgan fingerprint density at radius 2 is 1.83 bits per heavy atom. The van der Waals surface area contributed by atoms with E-state index in [0.717, 1.165) is 5.56 Å². The molecule has 3 aromatic rings. The molecule has 0 spiro atoms. The normalized spacial score (nSPS) is 13.6. The highest BCUT2D eigenvalue weighted by Gasteiger charge is 2.36. The molecule has 0 fully saturated rings. The van der Waals surface area contributed by atoms with Gasteiger partial charge in [0.25, 0.3) is 0 Å². The van der Waals surface area contributed by atoms with Gasteiger partial charge in [-0.25, -0.2) is 24.1 Å². The molecule has 0 saturated heterocycles. The summed E-state index contributed by atoms with van der Waals surface area (Å²) >= 11 is 0. The smallest absolute Gasteiger partial charge is 0.424 e. The Morgan fingerprint density at radius 3 is 2.57 bits per heavy atom. The van der Waals surface area contributed by atoms with Crippen molar-refractivity contribution < 1.29 is 37.3 Å². The van der Waals surface area contributed by atoms with Gasteiger partial charge < -0.3 is 24.1 Å². The number of fused-ring (bicyclic) bond motifs is 1. The zero-order chi connectivity index (χ0) is 30.1. The molecule has 222 valence electrons. The van der Waals surface area contributed by atoms with E-state index in [2.05, 4.69) is 6.07 Å². The quantitative estimate of drug-likeness (QED) is 0.167. The van der Waals surface area contributed by atoms with Crippen LogP contribution in [-0.4, -0.2) is 49.3 Å². The molecule has 0 saturated carbocycles. The summed E-state index contributed by atoms with van der Waals surface area (Å²) in [7, 11) is -4.00. The van der Waals surface area contributed by atoms with Crippen molar-refractivity contribution in [1.82, 2.24) is 5.01 Å². The first-order chi connectivity index (χ1) is 20.2. The van der Waals surface area contributed by atoms with Crippen molar-refractivity contribution in [1.29, 1.82) is 5.26 Å². The number of ether oxygens (including phenoxy) is 4. The lowest BCUT2D eigenvalue weighted by Gasteiger charge is -2.26. The zero-order valence-electron chi connectivity index (χ0n) is 23.1. The van der Waals surface area contributed by atoms with Crippen LogP contribution in [0.3, 0.4) is 0 Å². The predicted octanol–water partition coefficient (Wildman–Crippen LogP) is 4.07. The summed E-state index contributed by atoms with van der Waals surface area (Å²) in [6, 6.07) is 20.4. The molecular formula is C30H33N3O8S. The van der Waals surface area contributed by atoms with Gasteiger partial charge in [0.2, 0.25) is 6.79 Å². The number of aliphatic hydroxyl groups is 1. The molecule has 1 amide bonds. The van der Waals surface area contributed by atoms with Crippen LogP contribution in [-0.2, 0) is 27.8 Å². The van der Waals surface area contributed by atoms with Gasteiger partial charge in [-0.2, -0.15) is 5.26 Å². The number of amides is 1. The maximum Gasteiger partial charge on any atom is 0.424 e. The van der Waals surface area contributed by atoms with E-state index in [1.54, 1.807) is 42.5 Å². The summed E-state index contributed by atoms with van der Waals surface area (Å²) in [5.74, 6) is 7.22. The van der Waals surface area contributed by atoms with Gasteiger partial charge >= 0.3 is 6.09 Å². The van der Waals surface area contributed by atoms with Crippen LogP contribution in [0.4, 0.5) is 4.79 Å². The minimum atomic E-state index is -4.00. The Kier molecular flexibility index (Phi) is 10.2. The van der Waals surface area contributed by atoms with Crippen molar-refractivity contribution in [2.45, 2.75) is 55.6 Å². The summed E-state index contributed by atoms with van der Waals surface area (Å²) in [5.41, 5.74) is 2.08. The van der Waals surface area contributed by atoms with Crippen LogP contribution in [0.5, 0.6) is 17.2 Å². The Morgan fingerprint density at radius 1 is 1.07 bits per heavy atom. The number of rotatable bonds is 13. The molecule has 3 N–H and O–H groups in total. The highest BCUT2D eigenvalue weighted by molar-refractivity contribution is 7.92. The SMILES string of the molecule is CCCCC(C(O)CN(N)C(=O)OCc1ccc(OCc2cccc(C#N)c2)cc1)S(=O)(=O)c1ccc2c(c1)OCO2. The number of nitrogens with two attached hydrogens (primary N) is 1. The number of aliphatic hydroxyl groups excluding tert-OH is 1. The molecule has 4 rings (SSSR count). The molecule has 1 aliphatic rings. The predicted molar refractivity (Wildman–Crippen MR) is 152 cm³/mol. The molecule has 0 aromatic heterocycles. The van der Waals surface area contributed by atoms with Gasteiger partial charge in [0.1, 0.15) is 19.0 Å². The number of nitrogens with zero attached hydrogens (tertiary/aromatic N) is 2. The number of benzene rings is 3. The third-order valence-corrected chi connectivity index (χ3v) is 8.97. The summed E-state index contributed by atoms with van der Waals surface area (Å²) in [5, 5.41) is 19.4. The van der Waals surface area contributed by atoms with E-state index >= 15 is 0 Å². The van der Waals surface area contributed by atoms with E-state index in [1.807, 2.05) is 13.0 Å². The molecule has 2 atom stereocenters. The highest BCUT2D eigenvalue weighted by Crippen LogP contribution is 2.35. The lowest BCUT2D eigenvalue weighted by Crippen LogP contribution is -2.48. The Bertz CT molecular complexity index is 1520. The third-order valence-electron chi connectivity index (χ3n) is 6.71. The zero-order valence-corrected chi connectivity index (χ0v) is 24.0. The maximum absolute atomic E-state index is 13.5. The third kappa shape index (κ3) is 7.70. The molecule has 0 radical (unpaired) electrons. The molecule has 2 unspecified atom stereocenters. The van der Waals surface area contributed by atoms with Crippen LogP contribution in [0.15, 0.2) is 71.6 Å². The van der Waals surface area contributed by atoms with Gasteiger partial charge in [0, 0.05) is 6.07 Å². The van der Waals surface area contributed by atoms with E-state index in [9.17, 15) is 18.3 Å². The van der Waals surface area contributed by atoms with Crippen molar-refractivity contribution in [2.75, 3.05) is 13.3 Å². The van der Waals surface area contributed by atoms with Gasteiger partial charge in [0.05, 0.1) is 34.4 Å². The van der Waals surface area contributed by atoms with Crippen molar-refractivity contribution >= 4 is 15.9 Å². The van der Waals surface area contributed by atoms with E-state index in [4.69, 9.17) is 30.1 Å². The van der Waals surface area contributed by atoms with Gasteiger partial charge in [0.15, 0.2) is 21.3 Å². The first-order valence-corrected chi connectivity index (χ1v) is 15.0. The van der Waals surface area contributed by atoms with Crippen LogP contribution < -0.4 is 20.1 Å². The number of carbonyl (C=O) groups is 1. The van der Waals surface area contributed by atoms with Crippen LogP contribution >= 0.6 is 0 Å².